The summed E-state index contributed by atoms with van der Waals surface area (Å²) in [5, 5.41) is 8.06. The van der Waals surface area contributed by atoms with Crippen molar-refractivity contribution in [2.45, 2.75) is 103 Å². The quantitative estimate of drug-likeness (QED) is 0.253. The summed E-state index contributed by atoms with van der Waals surface area (Å²) in [6, 6.07) is 5.85. The van der Waals surface area contributed by atoms with E-state index in [-0.39, 0.29) is 58.1 Å². The van der Waals surface area contributed by atoms with Gasteiger partial charge in [-0.1, -0.05) is 0 Å². The topological polar surface area (TPSA) is 123 Å². The highest BCUT2D eigenvalue weighted by Crippen LogP contribution is 2.52. The first-order valence-electron chi connectivity index (χ1n) is 17.3. The molecule has 2 aliphatic heterocycles. The zero-order chi connectivity index (χ0) is 35.4. The van der Waals surface area contributed by atoms with Crippen molar-refractivity contribution in [3.05, 3.63) is 58.4 Å². The van der Waals surface area contributed by atoms with Gasteiger partial charge in [-0.15, -0.1) is 10.2 Å². The average molecular weight is 708 g/mol. The number of ether oxygens (including phenoxy) is 3. The Balaban J connectivity index is 1.01. The fourth-order valence-corrected chi connectivity index (χ4v) is 7.51. The monoisotopic (exact) mass is 707 g/mol. The first-order valence-corrected chi connectivity index (χ1v) is 17.7. The number of rotatable bonds is 8. The molecular formula is C36H43ClFN7O5. The van der Waals surface area contributed by atoms with E-state index in [1.165, 1.54) is 18.2 Å². The molecular weight excluding hydrogens is 665 g/mol. The van der Waals surface area contributed by atoms with Gasteiger partial charge in [0, 0.05) is 55.3 Å². The van der Waals surface area contributed by atoms with Gasteiger partial charge in [-0.05, 0) is 103 Å². The minimum absolute atomic E-state index is 0.00995. The second kappa shape index (κ2) is 13.1. The van der Waals surface area contributed by atoms with Crippen LogP contribution in [0.2, 0.25) is 5.28 Å². The number of halogens is 2. The Kier molecular flexibility index (Phi) is 8.98. The summed E-state index contributed by atoms with van der Waals surface area (Å²) in [6.45, 7) is 11.8. The molecule has 1 saturated heterocycles. The van der Waals surface area contributed by atoms with Crippen LogP contribution in [0.25, 0.3) is 0 Å². The van der Waals surface area contributed by atoms with E-state index in [0.717, 1.165) is 49.1 Å². The molecule has 2 aromatic heterocycles. The second-order valence-electron chi connectivity index (χ2n) is 15.2. The highest BCUT2D eigenvalue weighted by Gasteiger charge is 2.54. The fraction of sp³-hybridized carbons (Fsp3) is 0.556. The van der Waals surface area contributed by atoms with E-state index in [1.54, 1.807) is 11.1 Å². The molecule has 3 fully saturated rings. The summed E-state index contributed by atoms with van der Waals surface area (Å²) >= 11 is 6.20. The first kappa shape index (κ1) is 34.2. The Hall–Kier alpha value is -4.26. The number of carbonyl (C=O) groups is 2. The molecule has 0 unspecified atom stereocenters. The lowest BCUT2D eigenvalue weighted by Gasteiger charge is -2.58. The predicted octanol–water partition coefficient (Wildman–Crippen LogP) is 6.60. The van der Waals surface area contributed by atoms with Crippen LogP contribution in [0.15, 0.2) is 30.5 Å². The molecule has 50 heavy (non-hydrogen) atoms. The molecule has 14 heteroatoms. The minimum Gasteiger partial charge on any atom is -0.490 e. The van der Waals surface area contributed by atoms with Gasteiger partial charge in [0.25, 0.3) is 11.8 Å². The highest BCUT2D eigenvalue weighted by atomic mass is 35.5. The maximum atomic E-state index is 14.5. The van der Waals surface area contributed by atoms with Gasteiger partial charge in [-0.3, -0.25) is 9.78 Å². The van der Waals surface area contributed by atoms with E-state index in [2.05, 4.69) is 20.2 Å². The van der Waals surface area contributed by atoms with Gasteiger partial charge in [-0.2, -0.15) is 4.98 Å². The van der Waals surface area contributed by atoms with E-state index in [0.29, 0.717) is 38.4 Å². The fourth-order valence-electron chi connectivity index (χ4n) is 7.39. The lowest BCUT2D eigenvalue weighted by atomic mass is 9.61. The molecule has 2 aliphatic carbocycles. The predicted molar refractivity (Wildman–Crippen MR) is 183 cm³/mol. The number of anilines is 1. The van der Waals surface area contributed by atoms with Crippen molar-refractivity contribution < 1.29 is 28.2 Å². The van der Waals surface area contributed by atoms with Crippen molar-refractivity contribution in [3.8, 4) is 17.4 Å². The smallest absolute Gasteiger partial charge is 0.410 e. The molecule has 4 heterocycles. The number of pyridine rings is 1. The van der Waals surface area contributed by atoms with E-state index < -0.39 is 11.4 Å². The third-order valence-electron chi connectivity index (χ3n) is 9.94. The number of fused-ring (bicyclic) bond motifs is 1. The Morgan fingerprint density at radius 2 is 1.86 bits per heavy atom. The van der Waals surface area contributed by atoms with Gasteiger partial charge in [0.2, 0.25) is 5.28 Å². The molecule has 12 nitrogen and oxygen atoms in total. The van der Waals surface area contributed by atoms with Crippen LogP contribution in [-0.4, -0.2) is 85.4 Å². The summed E-state index contributed by atoms with van der Waals surface area (Å²) in [5.74, 6) is 0.617. The average Bonchev–Trinajstić information content (AvgIpc) is 2.99. The molecule has 1 aromatic carbocycles. The molecule has 0 atom stereocenters. The van der Waals surface area contributed by atoms with E-state index >= 15 is 0 Å². The number of nitrogens with zero attached hydrogens (tertiary/aromatic N) is 7. The Morgan fingerprint density at radius 1 is 1.10 bits per heavy atom. The summed E-state index contributed by atoms with van der Waals surface area (Å²) in [4.78, 5) is 41.1. The third-order valence-corrected chi connectivity index (χ3v) is 10.1. The number of hydrogen-bond donors (Lipinski definition) is 0. The standard InChI is InChI=1S/C36H43ClFN7O5/c1-21(2)45(23-7-6-8-23)32(46)25-15-22(38)9-10-28(25)49-31-30(40-33(37)42-41-31)44-19-36(20-44)16-24(17-36)48-29-11-13-39-27-12-14-43(18-26(27)29)34(47)50-35(3,4)5/h9-11,13,15,21,23-24H,6-8,12,14,16-20H2,1-5H3. The van der Waals surface area contributed by atoms with Gasteiger partial charge in [0.15, 0.2) is 5.82 Å². The largest absolute Gasteiger partial charge is 0.490 e. The second-order valence-corrected chi connectivity index (χ2v) is 15.6. The van der Waals surface area contributed by atoms with E-state index in [9.17, 15) is 14.0 Å². The zero-order valence-corrected chi connectivity index (χ0v) is 29.9. The van der Waals surface area contributed by atoms with Crippen molar-refractivity contribution in [1.29, 1.82) is 0 Å². The maximum Gasteiger partial charge on any atom is 0.410 e. The zero-order valence-electron chi connectivity index (χ0n) is 29.1. The normalized spacial score (nSPS) is 18.6. The summed E-state index contributed by atoms with van der Waals surface area (Å²) in [7, 11) is 0. The number of benzene rings is 1. The molecule has 1 spiro atoms. The van der Waals surface area contributed by atoms with Gasteiger partial charge >= 0.3 is 6.09 Å². The van der Waals surface area contributed by atoms with Crippen LogP contribution in [0.1, 0.15) is 88.3 Å². The van der Waals surface area contributed by atoms with Gasteiger partial charge < -0.3 is 28.9 Å². The van der Waals surface area contributed by atoms with Crippen LogP contribution in [-0.2, 0) is 17.7 Å². The third kappa shape index (κ3) is 6.88. The van der Waals surface area contributed by atoms with Gasteiger partial charge in [-0.25, -0.2) is 9.18 Å². The van der Waals surface area contributed by atoms with Crippen LogP contribution >= 0.6 is 11.6 Å². The molecule has 0 N–H and O–H groups in total. The van der Waals surface area contributed by atoms with Gasteiger partial charge in [0.05, 0.1) is 17.8 Å². The Labute approximate surface area is 296 Å². The van der Waals surface area contributed by atoms with Crippen molar-refractivity contribution in [2.24, 2.45) is 5.41 Å². The van der Waals surface area contributed by atoms with Gasteiger partial charge in [0.1, 0.15) is 29.0 Å². The Morgan fingerprint density at radius 3 is 2.54 bits per heavy atom. The minimum atomic E-state index is -0.573. The number of hydrogen-bond acceptors (Lipinski definition) is 10. The SMILES string of the molecule is CC(C)N(C(=O)c1cc(F)ccc1Oc1nnc(Cl)nc1N1CC2(CC(Oc3ccnc4c3CN(C(=O)OC(C)(C)C)CC4)C2)C1)C1CCC1. The van der Waals surface area contributed by atoms with Crippen LogP contribution < -0.4 is 14.4 Å². The molecule has 3 aromatic rings. The van der Waals surface area contributed by atoms with Crippen molar-refractivity contribution >= 4 is 29.4 Å². The molecule has 4 aliphatic rings. The molecule has 2 amide bonds. The van der Waals surface area contributed by atoms with E-state index in [1.807, 2.05) is 50.5 Å². The Bertz CT molecular complexity index is 1780. The van der Waals surface area contributed by atoms with Crippen molar-refractivity contribution in [2.75, 3.05) is 24.5 Å². The number of aromatic nitrogens is 4. The number of carbonyl (C=O) groups excluding carboxylic acids is 2. The maximum absolute atomic E-state index is 14.5. The van der Waals surface area contributed by atoms with Crippen LogP contribution in [0.3, 0.4) is 0 Å². The molecule has 2 saturated carbocycles. The van der Waals surface area contributed by atoms with Crippen LogP contribution in [0, 0.1) is 11.2 Å². The highest BCUT2D eigenvalue weighted by molar-refractivity contribution is 6.28. The first-order chi connectivity index (χ1) is 23.8. The lowest BCUT2D eigenvalue weighted by Crippen LogP contribution is -2.65. The molecule has 0 bridgehead atoms. The number of amides is 2. The summed E-state index contributed by atoms with van der Waals surface area (Å²) in [5.41, 5.74) is 1.44. The molecule has 7 rings (SSSR count). The summed E-state index contributed by atoms with van der Waals surface area (Å²) < 4.78 is 32.8. The molecule has 0 radical (unpaired) electrons. The van der Waals surface area contributed by atoms with E-state index in [4.69, 9.17) is 25.8 Å². The van der Waals surface area contributed by atoms with Crippen molar-refractivity contribution in [1.82, 2.24) is 30.0 Å². The van der Waals surface area contributed by atoms with Crippen molar-refractivity contribution in [3.63, 3.8) is 0 Å². The molecule has 266 valence electrons. The van der Waals surface area contributed by atoms with Crippen LogP contribution in [0.5, 0.6) is 17.4 Å². The summed E-state index contributed by atoms with van der Waals surface area (Å²) in [6.07, 6.45) is 6.65. The van der Waals surface area contributed by atoms with Crippen LogP contribution in [0.4, 0.5) is 15.0 Å². The lowest BCUT2D eigenvalue weighted by molar-refractivity contribution is -0.0353.